The Balaban J connectivity index is 1.88. The Morgan fingerprint density at radius 2 is 2.19 bits per heavy atom. The highest BCUT2D eigenvalue weighted by Gasteiger charge is 2.27. The van der Waals surface area contributed by atoms with Crippen LogP contribution in [0.4, 0.5) is 0 Å². The van der Waals surface area contributed by atoms with E-state index in [0.29, 0.717) is 23.5 Å². The lowest BCUT2D eigenvalue weighted by molar-refractivity contribution is -0.122. The molecule has 1 fully saturated rings. The first-order valence-corrected chi connectivity index (χ1v) is 8.65. The summed E-state index contributed by atoms with van der Waals surface area (Å²) in [7, 11) is 0. The molecule has 0 spiro atoms. The van der Waals surface area contributed by atoms with Crippen LogP contribution in [0, 0.1) is 5.92 Å². The van der Waals surface area contributed by atoms with Gasteiger partial charge in [0.1, 0.15) is 6.04 Å². The Morgan fingerprint density at radius 3 is 2.85 bits per heavy atom. The summed E-state index contributed by atoms with van der Waals surface area (Å²) in [5.41, 5.74) is 6.01. The van der Waals surface area contributed by atoms with Gasteiger partial charge in [-0.2, -0.15) is 5.10 Å². The fraction of sp³-hybridized carbons (Fsp3) is 0.529. The molecule has 2 aromatic rings. The van der Waals surface area contributed by atoms with Gasteiger partial charge in [0.25, 0.3) is 5.91 Å². The maximum absolute atomic E-state index is 12.6. The second kappa shape index (κ2) is 7.79. The number of fused-ring (bicyclic) bond motifs is 1. The summed E-state index contributed by atoms with van der Waals surface area (Å²) in [6.45, 7) is 3.47. The molecule has 1 aliphatic rings. The number of pyridine rings is 1. The molecule has 2 unspecified atom stereocenters. The second-order valence-corrected chi connectivity index (χ2v) is 6.56. The minimum Gasteiger partial charge on any atom is -0.391 e. The van der Waals surface area contributed by atoms with Crippen molar-refractivity contribution in [2.75, 3.05) is 13.2 Å². The zero-order chi connectivity index (χ0) is 18.7. The Kier molecular flexibility index (Phi) is 5.48. The molecule has 2 atom stereocenters. The number of carbonyl (C=O) groups excluding carboxylic acids is 2. The van der Waals surface area contributed by atoms with E-state index in [1.165, 1.54) is 6.92 Å². The molecule has 0 bridgehead atoms. The summed E-state index contributed by atoms with van der Waals surface area (Å²) < 4.78 is 7.10. The lowest BCUT2D eigenvalue weighted by atomic mass is 10.0. The van der Waals surface area contributed by atoms with Crippen molar-refractivity contribution in [2.24, 2.45) is 11.7 Å². The van der Waals surface area contributed by atoms with Crippen molar-refractivity contribution in [3.63, 3.8) is 0 Å². The van der Waals surface area contributed by atoms with Gasteiger partial charge in [0.15, 0.2) is 11.3 Å². The lowest BCUT2D eigenvalue weighted by Crippen LogP contribution is -2.50. The first-order chi connectivity index (χ1) is 12.5. The van der Waals surface area contributed by atoms with Crippen LogP contribution in [0.25, 0.3) is 11.0 Å². The molecular formula is C17H23N5O4. The van der Waals surface area contributed by atoms with Crippen LogP contribution >= 0.6 is 0 Å². The summed E-state index contributed by atoms with van der Waals surface area (Å²) in [5.74, 6) is -0.976. The van der Waals surface area contributed by atoms with E-state index in [0.717, 1.165) is 26.1 Å². The standard InChI is InChI=1S/C17H23N5O4/c1-10(23)13(15(18)24)20-17(25)14-12-3-2-6-19-16(12)22(21-14)9-11-4-7-26-8-5-11/h2-3,6,10-11,13,23H,4-5,7-9H2,1H3,(H2,18,24)(H,20,25). The molecular weight excluding hydrogens is 338 g/mol. The first-order valence-electron chi connectivity index (χ1n) is 8.65. The summed E-state index contributed by atoms with van der Waals surface area (Å²) in [6, 6.07) is 2.29. The molecule has 1 aliphatic heterocycles. The van der Waals surface area contributed by atoms with Crippen LogP contribution in [0.3, 0.4) is 0 Å². The van der Waals surface area contributed by atoms with Gasteiger partial charge in [-0.1, -0.05) is 0 Å². The Hall–Kier alpha value is -2.52. The number of aliphatic hydroxyl groups excluding tert-OH is 1. The lowest BCUT2D eigenvalue weighted by Gasteiger charge is -2.21. The molecule has 2 aromatic heterocycles. The van der Waals surface area contributed by atoms with E-state index in [9.17, 15) is 14.7 Å². The average Bonchev–Trinajstić information content (AvgIpc) is 2.99. The molecule has 26 heavy (non-hydrogen) atoms. The predicted octanol–water partition coefficient (Wildman–Crippen LogP) is -0.178. The third-order valence-electron chi connectivity index (χ3n) is 4.57. The summed E-state index contributed by atoms with van der Waals surface area (Å²) in [4.78, 5) is 28.4. The fourth-order valence-corrected chi connectivity index (χ4v) is 3.12. The molecule has 0 radical (unpaired) electrons. The van der Waals surface area contributed by atoms with Crippen molar-refractivity contribution in [3.05, 3.63) is 24.0 Å². The van der Waals surface area contributed by atoms with E-state index >= 15 is 0 Å². The number of hydrogen-bond acceptors (Lipinski definition) is 6. The number of carbonyl (C=O) groups is 2. The summed E-state index contributed by atoms with van der Waals surface area (Å²) in [5, 5.41) is 17.1. The van der Waals surface area contributed by atoms with Crippen LogP contribution < -0.4 is 11.1 Å². The maximum Gasteiger partial charge on any atom is 0.273 e. The summed E-state index contributed by atoms with van der Waals surface area (Å²) >= 11 is 0. The van der Waals surface area contributed by atoms with Crippen LogP contribution in [0.2, 0.25) is 0 Å². The molecule has 0 aliphatic carbocycles. The predicted molar refractivity (Wildman–Crippen MR) is 93.2 cm³/mol. The minimum atomic E-state index is -1.19. The molecule has 4 N–H and O–H groups in total. The molecule has 140 valence electrons. The van der Waals surface area contributed by atoms with Gasteiger partial charge in [-0.25, -0.2) is 9.67 Å². The number of rotatable bonds is 6. The van der Waals surface area contributed by atoms with Crippen LogP contribution in [0.15, 0.2) is 18.3 Å². The van der Waals surface area contributed by atoms with E-state index in [2.05, 4.69) is 15.4 Å². The minimum absolute atomic E-state index is 0.159. The molecule has 3 heterocycles. The molecule has 0 aromatic carbocycles. The van der Waals surface area contributed by atoms with E-state index in [1.54, 1.807) is 23.0 Å². The Bertz CT molecular complexity index is 798. The maximum atomic E-state index is 12.6. The Labute approximate surface area is 150 Å². The normalized spacial score (nSPS) is 17.8. The topological polar surface area (TPSA) is 132 Å². The zero-order valence-electron chi connectivity index (χ0n) is 14.6. The third kappa shape index (κ3) is 3.83. The molecule has 0 saturated carbocycles. The van der Waals surface area contributed by atoms with Crippen LogP contribution in [0.1, 0.15) is 30.3 Å². The number of primary amides is 1. The smallest absolute Gasteiger partial charge is 0.273 e. The highest BCUT2D eigenvalue weighted by Crippen LogP contribution is 2.21. The van der Waals surface area contributed by atoms with Gasteiger partial charge in [0.2, 0.25) is 5.91 Å². The Morgan fingerprint density at radius 1 is 1.46 bits per heavy atom. The highest BCUT2D eigenvalue weighted by molar-refractivity contribution is 6.05. The van der Waals surface area contributed by atoms with Crippen molar-refractivity contribution in [3.8, 4) is 0 Å². The number of amides is 2. The molecule has 9 heteroatoms. The number of nitrogens with two attached hydrogens (primary N) is 1. The number of aliphatic hydroxyl groups is 1. The van der Waals surface area contributed by atoms with E-state index in [-0.39, 0.29) is 5.69 Å². The van der Waals surface area contributed by atoms with Gasteiger partial charge in [0.05, 0.1) is 11.5 Å². The molecule has 3 rings (SSSR count). The van der Waals surface area contributed by atoms with Crippen molar-refractivity contribution < 1.29 is 19.4 Å². The van der Waals surface area contributed by atoms with Gasteiger partial charge >= 0.3 is 0 Å². The van der Waals surface area contributed by atoms with Crippen molar-refractivity contribution in [1.82, 2.24) is 20.1 Å². The molecule has 9 nitrogen and oxygen atoms in total. The highest BCUT2D eigenvalue weighted by atomic mass is 16.5. The molecule has 1 saturated heterocycles. The van der Waals surface area contributed by atoms with E-state index in [1.807, 2.05) is 0 Å². The van der Waals surface area contributed by atoms with Crippen LogP contribution in [0.5, 0.6) is 0 Å². The second-order valence-electron chi connectivity index (χ2n) is 6.56. The van der Waals surface area contributed by atoms with Gasteiger partial charge in [0, 0.05) is 26.0 Å². The van der Waals surface area contributed by atoms with Crippen molar-refractivity contribution in [2.45, 2.75) is 38.5 Å². The fourth-order valence-electron chi connectivity index (χ4n) is 3.12. The average molecular weight is 361 g/mol. The quantitative estimate of drug-likeness (QED) is 0.654. The first kappa shape index (κ1) is 18.3. The van der Waals surface area contributed by atoms with Crippen LogP contribution in [-0.2, 0) is 16.1 Å². The van der Waals surface area contributed by atoms with E-state index < -0.39 is 24.0 Å². The van der Waals surface area contributed by atoms with Gasteiger partial charge in [-0.05, 0) is 37.8 Å². The van der Waals surface area contributed by atoms with Gasteiger partial charge in [-0.15, -0.1) is 0 Å². The van der Waals surface area contributed by atoms with Gasteiger partial charge in [-0.3, -0.25) is 9.59 Å². The number of hydrogen-bond donors (Lipinski definition) is 3. The largest absolute Gasteiger partial charge is 0.391 e. The monoisotopic (exact) mass is 361 g/mol. The zero-order valence-corrected chi connectivity index (χ0v) is 14.6. The van der Waals surface area contributed by atoms with Gasteiger partial charge < -0.3 is 20.9 Å². The number of ether oxygens (including phenoxy) is 1. The SMILES string of the molecule is CC(O)C(NC(=O)c1nn(CC2CCOCC2)c2ncccc12)C(N)=O. The number of aromatic nitrogens is 3. The number of nitrogens with one attached hydrogen (secondary N) is 1. The summed E-state index contributed by atoms with van der Waals surface area (Å²) in [6.07, 6.45) is 2.40. The number of nitrogens with zero attached hydrogens (tertiary/aromatic N) is 3. The van der Waals surface area contributed by atoms with Crippen molar-refractivity contribution >= 4 is 22.8 Å². The van der Waals surface area contributed by atoms with Crippen molar-refractivity contribution in [1.29, 1.82) is 0 Å². The van der Waals surface area contributed by atoms with Crippen LogP contribution in [-0.4, -0.2) is 57.0 Å². The van der Waals surface area contributed by atoms with E-state index in [4.69, 9.17) is 10.5 Å². The third-order valence-corrected chi connectivity index (χ3v) is 4.57. The molecule has 2 amide bonds.